The predicted molar refractivity (Wildman–Crippen MR) is 160 cm³/mol. The third kappa shape index (κ3) is 4.56. The van der Waals surface area contributed by atoms with Gasteiger partial charge in [-0.3, -0.25) is 0 Å². The summed E-state index contributed by atoms with van der Waals surface area (Å²) in [6, 6.07) is 25.4. The highest BCUT2D eigenvalue weighted by molar-refractivity contribution is 7.87. The van der Waals surface area contributed by atoms with Crippen molar-refractivity contribution in [2.45, 2.75) is 41.5 Å². The second kappa shape index (κ2) is 9.86. The molecule has 3 aromatic carbocycles. The van der Waals surface area contributed by atoms with Gasteiger partial charge < -0.3 is 0 Å². The zero-order valence-corrected chi connectivity index (χ0v) is 23.8. The van der Waals surface area contributed by atoms with E-state index in [0.29, 0.717) is 0 Å². The largest absolute Gasteiger partial charge is 0.143 e. The summed E-state index contributed by atoms with van der Waals surface area (Å²) in [4.78, 5) is 0. The first kappa shape index (κ1) is 24.2. The summed E-state index contributed by atoms with van der Waals surface area (Å²) in [5, 5.41) is 5.94. The first-order chi connectivity index (χ1) is 16.8. The van der Waals surface area contributed by atoms with E-state index in [1.54, 1.807) is 0 Å². The normalized spacial score (nSPS) is 11.4. The maximum Gasteiger partial charge on any atom is 0.0377 e. The fraction of sp³-hybridized carbons (Fsp3) is 0.188. The van der Waals surface area contributed by atoms with Crippen LogP contribution in [0, 0.1) is 41.5 Å². The molecule has 2 aromatic heterocycles. The van der Waals surface area contributed by atoms with Crippen LogP contribution in [0.5, 0.6) is 0 Å². The van der Waals surface area contributed by atoms with Gasteiger partial charge in [-0.2, -0.15) is 0 Å². The molecule has 0 N–H and O–H groups in total. The molecule has 2 heterocycles. The van der Waals surface area contributed by atoms with Gasteiger partial charge in [0.2, 0.25) is 0 Å². The molecule has 3 heteroatoms. The Kier molecular flexibility index (Phi) is 6.82. The molecule has 0 nitrogen and oxygen atoms in total. The molecule has 176 valence electrons. The maximum absolute atomic E-state index is 2.36. The Morgan fingerprint density at radius 3 is 1.26 bits per heavy atom. The van der Waals surface area contributed by atoms with E-state index in [-0.39, 0.29) is 0 Å². The van der Waals surface area contributed by atoms with Crippen molar-refractivity contribution in [2.75, 3.05) is 0 Å². The predicted octanol–water partition coefficient (Wildman–Crippen LogP) is 8.75. The molecular formula is C32H31PS2. The molecule has 0 radical (unpaired) electrons. The Morgan fingerprint density at radius 1 is 0.514 bits per heavy atom. The minimum Gasteiger partial charge on any atom is -0.143 e. The molecule has 0 fully saturated rings. The quantitative estimate of drug-likeness (QED) is 0.207. The third-order valence-electron chi connectivity index (χ3n) is 6.61. The number of aryl methyl sites for hydroxylation is 6. The third-order valence-corrected chi connectivity index (χ3v) is 11.8. The molecule has 0 amide bonds. The van der Waals surface area contributed by atoms with Gasteiger partial charge in [0, 0.05) is 22.5 Å². The molecule has 0 bridgehead atoms. The highest BCUT2D eigenvalue weighted by Gasteiger charge is 2.27. The van der Waals surface area contributed by atoms with Gasteiger partial charge in [-0.25, -0.2) is 0 Å². The highest BCUT2D eigenvalue weighted by Crippen LogP contribution is 2.45. The lowest BCUT2D eigenvalue weighted by Crippen LogP contribution is -2.22. The van der Waals surface area contributed by atoms with E-state index in [9.17, 15) is 0 Å². The first-order valence-corrected chi connectivity index (χ1v) is 15.1. The minimum absolute atomic E-state index is 0.689. The van der Waals surface area contributed by atoms with Gasteiger partial charge in [-0.05, 0) is 109 Å². The van der Waals surface area contributed by atoms with Crippen LogP contribution in [0.15, 0.2) is 77.5 Å². The lowest BCUT2D eigenvalue weighted by Gasteiger charge is -2.26. The van der Waals surface area contributed by atoms with Crippen LogP contribution in [0.1, 0.15) is 33.4 Å². The monoisotopic (exact) mass is 510 g/mol. The Labute approximate surface area is 219 Å². The summed E-state index contributed by atoms with van der Waals surface area (Å²) >= 11 is 3.78. The van der Waals surface area contributed by atoms with Gasteiger partial charge >= 0.3 is 0 Å². The second-order valence-electron chi connectivity index (χ2n) is 9.49. The number of hydrogen-bond donors (Lipinski definition) is 0. The number of hydrogen-bond acceptors (Lipinski definition) is 2. The molecule has 0 saturated heterocycles. The molecule has 5 aromatic rings. The van der Waals surface area contributed by atoms with E-state index >= 15 is 0 Å². The molecule has 0 spiro atoms. The molecular weight excluding hydrogens is 479 g/mol. The van der Waals surface area contributed by atoms with Crippen LogP contribution < -0.4 is 14.5 Å². The molecule has 35 heavy (non-hydrogen) atoms. The lowest BCUT2D eigenvalue weighted by atomic mass is 9.89. The van der Waals surface area contributed by atoms with Gasteiger partial charge in [-0.1, -0.05) is 65.7 Å². The van der Waals surface area contributed by atoms with Crippen LogP contribution in [0.4, 0.5) is 0 Å². The first-order valence-electron chi connectivity index (χ1n) is 12.0. The van der Waals surface area contributed by atoms with Crippen LogP contribution in [0.3, 0.4) is 0 Å². The van der Waals surface area contributed by atoms with E-state index < -0.39 is 7.92 Å². The summed E-state index contributed by atoms with van der Waals surface area (Å²) in [6.07, 6.45) is 0. The minimum atomic E-state index is -0.689. The summed E-state index contributed by atoms with van der Waals surface area (Å²) in [6.45, 7) is 13.5. The van der Waals surface area contributed by atoms with Crippen molar-refractivity contribution in [1.82, 2.24) is 0 Å². The van der Waals surface area contributed by atoms with Crippen molar-refractivity contribution in [3.05, 3.63) is 111 Å². The van der Waals surface area contributed by atoms with Gasteiger partial charge in [0.25, 0.3) is 0 Å². The molecule has 0 atom stereocenters. The van der Waals surface area contributed by atoms with Crippen molar-refractivity contribution in [2.24, 2.45) is 0 Å². The fourth-order valence-corrected chi connectivity index (χ4v) is 10.9. The van der Waals surface area contributed by atoms with E-state index in [0.717, 1.165) is 0 Å². The highest BCUT2D eigenvalue weighted by atomic mass is 32.1. The van der Waals surface area contributed by atoms with E-state index in [1.165, 1.54) is 70.2 Å². The van der Waals surface area contributed by atoms with Gasteiger partial charge in [0.1, 0.15) is 0 Å². The van der Waals surface area contributed by atoms with Crippen LogP contribution in [-0.4, -0.2) is 0 Å². The molecule has 0 aliphatic heterocycles. The Bertz CT molecular complexity index is 1340. The summed E-state index contributed by atoms with van der Waals surface area (Å²) < 4.78 is 2.92. The van der Waals surface area contributed by atoms with Crippen LogP contribution in [0.2, 0.25) is 0 Å². The standard InChI is InChI=1S/C32H31PS2/c1-20-16-22(3)30(23(4)17-20)26-10-7-11-27(31-24(5)18-21(2)19-25(31)6)32(26)33(28-12-8-14-34-28)29-13-9-15-35-29/h7-19H,1-6H3. The van der Waals surface area contributed by atoms with Gasteiger partial charge in [0.05, 0.1) is 0 Å². The van der Waals surface area contributed by atoms with E-state index in [4.69, 9.17) is 0 Å². The van der Waals surface area contributed by atoms with Gasteiger partial charge in [-0.15, -0.1) is 22.7 Å². The Balaban J connectivity index is 1.92. The van der Waals surface area contributed by atoms with Crippen molar-refractivity contribution in [3.8, 4) is 22.3 Å². The molecule has 0 unspecified atom stereocenters. The average Bonchev–Trinajstić information content (AvgIpc) is 3.49. The van der Waals surface area contributed by atoms with Crippen molar-refractivity contribution in [1.29, 1.82) is 0 Å². The molecule has 0 aliphatic rings. The summed E-state index contributed by atoms with van der Waals surface area (Å²) in [5.41, 5.74) is 13.6. The van der Waals surface area contributed by atoms with Gasteiger partial charge in [0.15, 0.2) is 0 Å². The summed E-state index contributed by atoms with van der Waals surface area (Å²) in [5.74, 6) is 0. The SMILES string of the molecule is Cc1cc(C)c(-c2cccc(-c3c(C)cc(C)cc3C)c2P(c2cccs2)c2cccs2)c(C)c1. The number of rotatable bonds is 5. The molecule has 0 aliphatic carbocycles. The lowest BCUT2D eigenvalue weighted by molar-refractivity contribution is 1.32. The maximum atomic E-state index is 2.36. The van der Waals surface area contributed by atoms with Crippen LogP contribution >= 0.6 is 30.6 Å². The Morgan fingerprint density at radius 2 is 0.914 bits per heavy atom. The number of thiophene rings is 2. The smallest absolute Gasteiger partial charge is 0.0377 e. The van der Waals surface area contributed by atoms with Crippen LogP contribution in [0.25, 0.3) is 22.3 Å². The second-order valence-corrected chi connectivity index (χ2v) is 14.1. The summed E-state index contributed by atoms with van der Waals surface area (Å²) in [7, 11) is -0.689. The zero-order valence-electron chi connectivity index (χ0n) is 21.3. The van der Waals surface area contributed by atoms with E-state index in [1.807, 2.05) is 22.7 Å². The number of benzene rings is 3. The van der Waals surface area contributed by atoms with Crippen LogP contribution in [-0.2, 0) is 0 Å². The average molecular weight is 511 g/mol. The van der Waals surface area contributed by atoms with E-state index in [2.05, 4.69) is 119 Å². The Hall–Kier alpha value is -2.51. The molecule has 0 saturated carbocycles. The topological polar surface area (TPSA) is 0 Å². The fourth-order valence-electron chi connectivity index (χ4n) is 5.52. The van der Waals surface area contributed by atoms with Crippen molar-refractivity contribution < 1.29 is 0 Å². The molecule has 5 rings (SSSR count). The van der Waals surface area contributed by atoms with Crippen molar-refractivity contribution >= 4 is 45.1 Å². The van der Waals surface area contributed by atoms with Crippen molar-refractivity contribution in [3.63, 3.8) is 0 Å². The zero-order chi connectivity index (χ0) is 24.7.